The number of aromatic nitrogens is 1. The minimum atomic E-state index is 0.753. The zero-order valence-corrected chi connectivity index (χ0v) is 11.7. The average Bonchev–Trinajstić information content (AvgIpc) is 2.46. The molecule has 4 nitrogen and oxygen atoms in total. The molecule has 4 heteroatoms. The van der Waals surface area contributed by atoms with Gasteiger partial charge in [-0.3, -0.25) is 4.98 Å². The van der Waals surface area contributed by atoms with Gasteiger partial charge in [0.25, 0.3) is 0 Å². The van der Waals surface area contributed by atoms with E-state index in [4.69, 9.17) is 9.47 Å². The van der Waals surface area contributed by atoms with Crippen molar-refractivity contribution >= 4 is 5.69 Å². The van der Waals surface area contributed by atoms with Gasteiger partial charge in [0.15, 0.2) is 0 Å². The number of hydrogen-bond donors (Lipinski definition) is 0. The smallest absolute Gasteiger partial charge is 0.131 e. The first kappa shape index (κ1) is 13.2. The van der Waals surface area contributed by atoms with E-state index < -0.39 is 0 Å². The summed E-state index contributed by atoms with van der Waals surface area (Å²) < 4.78 is 10.6. The molecular weight excluding hydrogens is 240 g/mol. The molecule has 0 radical (unpaired) electrons. The normalized spacial score (nSPS) is 10.1. The first-order valence-corrected chi connectivity index (χ1v) is 6.01. The van der Waals surface area contributed by atoms with Gasteiger partial charge in [0.05, 0.1) is 19.9 Å². The lowest BCUT2D eigenvalue weighted by atomic mass is 10.1. The summed E-state index contributed by atoms with van der Waals surface area (Å²) in [5.41, 5.74) is 2.93. The number of ether oxygens (including phenoxy) is 2. The fourth-order valence-corrected chi connectivity index (χ4v) is 1.85. The van der Waals surface area contributed by atoms with Crippen molar-refractivity contribution < 1.29 is 9.47 Å². The molecule has 0 saturated heterocycles. The van der Waals surface area contributed by atoms with Crippen LogP contribution in [0.2, 0.25) is 0 Å². The molecule has 0 atom stereocenters. The van der Waals surface area contributed by atoms with Crippen LogP contribution in [-0.2, 0) is 0 Å². The fraction of sp³-hybridized carbons (Fsp3) is 0.267. The average molecular weight is 258 g/mol. The van der Waals surface area contributed by atoms with Crippen molar-refractivity contribution in [1.29, 1.82) is 0 Å². The summed E-state index contributed by atoms with van der Waals surface area (Å²) in [7, 11) is 7.29. The van der Waals surface area contributed by atoms with Crippen molar-refractivity contribution in [2.24, 2.45) is 0 Å². The van der Waals surface area contributed by atoms with Gasteiger partial charge in [-0.15, -0.1) is 0 Å². The molecule has 0 amide bonds. The van der Waals surface area contributed by atoms with E-state index in [1.54, 1.807) is 20.4 Å². The van der Waals surface area contributed by atoms with E-state index in [-0.39, 0.29) is 0 Å². The third-order valence-corrected chi connectivity index (χ3v) is 2.94. The van der Waals surface area contributed by atoms with Crippen LogP contribution in [0.3, 0.4) is 0 Å². The van der Waals surface area contributed by atoms with Crippen LogP contribution in [0.1, 0.15) is 0 Å². The molecule has 19 heavy (non-hydrogen) atoms. The highest BCUT2D eigenvalue weighted by atomic mass is 16.5. The molecule has 0 saturated carbocycles. The van der Waals surface area contributed by atoms with Crippen LogP contribution in [-0.4, -0.2) is 33.3 Å². The highest BCUT2D eigenvalue weighted by molar-refractivity contribution is 5.71. The minimum absolute atomic E-state index is 0.753. The Labute approximate surface area is 113 Å². The van der Waals surface area contributed by atoms with Crippen molar-refractivity contribution in [1.82, 2.24) is 4.98 Å². The number of rotatable bonds is 4. The van der Waals surface area contributed by atoms with Gasteiger partial charge in [0.2, 0.25) is 0 Å². The fourth-order valence-electron chi connectivity index (χ4n) is 1.85. The lowest BCUT2D eigenvalue weighted by molar-refractivity contribution is 0.395. The molecule has 1 aromatic carbocycles. The summed E-state index contributed by atoms with van der Waals surface area (Å²) in [5.74, 6) is 1.52. The van der Waals surface area contributed by atoms with Gasteiger partial charge in [0.1, 0.15) is 11.5 Å². The van der Waals surface area contributed by atoms with E-state index in [1.165, 1.54) is 0 Å². The Balaban J connectivity index is 2.49. The van der Waals surface area contributed by atoms with Crippen molar-refractivity contribution in [3.05, 3.63) is 36.5 Å². The Hall–Kier alpha value is -2.23. The Morgan fingerprint density at radius 2 is 1.79 bits per heavy atom. The van der Waals surface area contributed by atoms with Crippen LogP contribution in [0, 0.1) is 0 Å². The van der Waals surface area contributed by atoms with E-state index in [1.807, 2.05) is 49.3 Å². The molecule has 2 aromatic rings. The van der Waals surface area contributed by atoms with Gasteiger partial charge < -0.3 is 14.4 Å². The van der Waals surface area contributed by atoms with Crippen LogP contribution in [0.25, 0.3) is 11.3 Å². The van der Waals surface area contributed by atoms with E-state index in [2.05, 4.69) is 4.98 Å². The molecule has 0 fully saturated rings. The number of pyridine rings is 1. The molecule has 1 heterocycles. The first-order chi connectivity index (χ1) is 9.15. The van der Waals surface area contributed by atoms with Crippen molar-refractivity contribution in [3.63, 3.8) is 0 Å². The monoisotopic (exact) mass is 258 g/mol. The Bertz CT molecular complexity index is 568. The highest BCUT2D eigenvalue weighted by Gasteiger charge is 2.09. The maximum Gasteiger partial charge on any atom is 0.131 e. The van der Waals surface area contributed by atoms with Gasteiger partial charge in [-0.25, -0.2) is 0 Å². The zero-order chi connectivity index (χ0) is 13.8. The number of methoxy groups -OCH3 is 2. The summed E-state index contributed by atoms with van der Waals surface area (Å²) in [6.07, 6.45) is 1.80. The number of benzene rings is 1. The quantitative estimate of drug-likeness (QED) is 0.844. The van der Waals surface area contributed by atoms with E-state index in [9.17, 15) is 0 Å². The molecule has 0 bridgehead atoms. The minimum Gasteiger partial charge on any atom is -0.497 e. The predicted octanol–water partition coefficient (Wildman–Crippen LogP) is 2.83. The molecule has 2 rings (SSSR count). The second-order valence-electron chi connectivity index (χ2n) is 4.36. The van der Waals surface area contributed by atoms with Crippen LogP contribution >= 0.6 is 0 Å². The molecule has 0 spiro atoms. The van der Waals surface area contributed by atoms with E-state index in [0.717, 1.165) is 28.4 Å². The van der Waals surface area contributed by atoms with Gasteiger partial charge in [-0.05, 0) is 24.3 Å². The maximum absolute atomic E-state index is 5.41. The standard InChI is InChI=1S/C15H18N2O2/c1-17(2)11-7-8-16-14(9-11)13-6-5-12(18-3)10-15(13)19-4/h5-10H,1-4H3. The van der Waals surface area contributed by atoms with Gasteiger partial charge >= 0.3 is 0 Å². The Morgan fingerprint density at radius 1 is 1.00 bits per heavy atom. The molecule has 0 N–H and O–H groups in total. The third-order valence-electron chi connectivity index (χ3n) is 2.94. The number of anilines is 1. The van der Waals surface area contributed by atoms with Crippen molar-refractivity contribution in [2.75, 3.05) is 33.2 Å². The molecule has 0 aliphatic carbocycles. The van der Waals surface area contributed by atoms with Gasteiger partial charge in [0, 0.05) is 37.6 Å². The summed E-state index contributed by atoms with van der Waals surface area (Å²) in [5, 5.41) is 0. The summed E-state index contributed by atoms with van der Waals surface area (Å²) in [4.78, 5) is 6.45. The Morgan fingerprint density at radius 3 is 2.42 bits per heavy atom. The second kappa shape index (κ2) is 5.61. The molecule has 0 aliphatic rings. The highest BCUT2D eigenvalue weighted by Crippen LogP contribution is 2.33. The first-order valence-electron chi connectivity index (χ1n) is 6.01. The molecule has 100 valence electrons. The van der Waals surface area contributed by atoms with Crippen LogP contribution < -0.4 is 14.4 Å². The molecule has 0 unspecified atom stereocenters. The van der Waals surface area contributed by atoms with E-state index in [0.29, 0.717) is 0 Å². The van der Waals surface area contributed by atoms with Gasteiger partial charge in [-0.1, -0.05) is 0 Å². The van der Waals surface area contributed by atoms with Crippen LogP contribution in [0.4, 0.5) is 5.69 Å². The molecule has 0 aliphatic heterocycles. The molecular formula is C15H18N2O2. The topological polar surface area (TPSA) is 34.6 Å². The Kier molecular flexibility index (Phi) is 3.90. The lowest BCUT2D eigenvalue weighted by Gasteiger charge is -2.14. The van der Waals surface area contributed by atoms with Crippen molar-refractivity contribution in [3.8, 4) is 22.8 Å². The second-order valence-corrected chi connectivity index (χ2v) is 4.36. The number of hydrogen-bond acceptors (Lipinski definition) is 4. The lowest BCUT2D eigenvalue weighted by Crippen LogP contribution is -2.08. The maximum atomic E-state index is 5.41. The summed E-state index contributed by atoms with van der Waals surface area (Å²) >= 11 is 0. The third kappa shape index (κ3) is 2.78. The summed E-state index contributed by atoms with van der Waals surface area (Å²) in [6.45, 7) is 0. The zero-order valence-electron chi connectivity index (χ0n) is 11.7. The SMILES string of the molecule is COc1ccc(-c2cc(N(C)C)ccn2)c(OC)c1. The number of nitrogens with zero attached hydrogens (tertiary/aromatic N) is 2. The summed E-state index contributed by atoms with van der Waals surface area (Å²) in [6, 6.07) is 9.73. The van der Waals surface area contributed by atoms with Crippen LogP contribution in [0.5, 0.6) is 11.5 Å². The largest absolute Gasteiger partial charge is 0.497 e. The molecule has 1 aromatic heterocycles. The van der Waals surface area contributed by atoms with E-state index >= 15 is 0 Å². The van der Waals surface area contributed by atoms with Crippen LogP contribution in [0.15, 0.2) is 36.5 Å². The van der Waals surface area contributed by atoms with Crippen molar-refractivity contribution in [2.45, 2.75) is 0 Å². The van der Waals surface area contributed by atoms with Gasteiger partial charge in [-0.2, -0.15) is 0 Å². The predicted molar refractivity (Wildman–Crippen MR) is 77.1 cm³/mol.